The minimum atomic E-state index is -0.602. The Kier molecular flexibility index (Phi) is 5.70. The van der Waals surface area contributed by atoms with Crippen molar-refractivity contribution in [3.63, 3.8) is 0 Å². The largest absolute Gasteiger partial charge is 0.480 e. The highest BCUT2D eigenvalue weighted by Gasteiger charge is 2.33. The number of hydrogen-bond donors (Lipinski definition) is 0. The lowest BCUT2D eigenvalue weighted by Crippen LogP contribution is -2.57. The Hall–Kier alpha value is -3.34. The molecule has 154 valence electrons. The van der Waals surface area contributed by atoms with E-state index in [1.165, 1.54) is 0 Å². The molecule has 3 aromatic rings. The zero-order valence-corrected chi connectivity index (χ0v) is 17.3. The monoisotopic (exact) mass is 402 g/mol. The van der Waals surface area contributed by atoms with Crippen molar-refractivity contribution >= 4 is 22.6 Å². The predicted octanol–water partition coefficient (Wildman–Crippen LogP) is 3.98. The highest BCUT2D eigenvalue weighted by atomic mass is 16.5. The van der Waals surface area contributed by atoms with Gasteiger partial charge in [0.2, 0.25) is 0 Å². The molecule has 0 aliphatic carbocycles. The fraction of sp³-hybridized carbons (Fsp3) is 0.280. The zero-order valence-electron chi connectivity index (χ0n) is 17.3. The molecule has 30 heavy (non-hydrogen) atoms. The van der Waals surface area contributed by atoms with Crippen LogP contribution in [0.25, 0.3) is 10.8 Å². The molecule has 2 atom stereocenters. The predicted molar refractivity (Wildman–Crippen MR) is 118 cm³/mol. The van der Waals surface area contributed by atoms with E-state index >= 15 is 0 Å². The Bertz CT molecular complexity index is 1050. The summed E-state index contributed by atoms with van der Waals surface area (Å²) in [4.78, 5) is 29.5. The summed E-state index contributed by atoms with van der Waals surface area (Å²) in [5.41, 5.74) is 0.678. The second kappa shape index (κ2) is 8.57. The van der Waals surface area contributed by atoms with E-state index in [0.717, 1.165) is 10.8 Å². The van der Waals surface area contributed by atoms with E-state index < -0.39 is 6.10 Å². The van der Waals surface area contributed by atoms with Gasteiger partial charge in [0.15, 0.2) is 6.10 Å². The number of fused-ring (bicyclic) bond motifs is 1. The van der Waals surface area contributed by atoms with Gasteiger partial charge in [-0.25, -0.2) is 0 Å². The number of amides is 2. The number of hydrogen-bond acceptors (Lipinski definition) is 3. The third-order valence-electron chi connectivity index (χ3n) is 5.62. The van der Waals surface area contributed by atoms with E-state index in [9.17, 15) is 9.59 Å². The lowest BCUT2D eigenvalue weighted by Gasteiger charge is -2.40. The van der Waals surface area contributed by atoms with Gasteiger partial charge < -0.3 is 14.5 Å². The van der Waals surface area contributed by atoms with Crippen molar-refractivity contribution in [2.24, 2.45) is 0 Å². The second-order valence-electron chi connectivity index (χ2n) is 7.74. The van der Waals surface area contributed by atoms with Crippen LogP contribution in [-0.2, 0) is 4.79 Å². The van der Waals surface area contributed by atoms with Gasteiger partial charge in [-0.15, -0.1) is 0 Å². The van der Waals surface area contributed by atoms with E-state index in [4.69, 9.17) is 4.74 Å². The third-order valence-corrected chi connectivity index (χ3v) is 5.62. The molecule has 0 spiro atoms. The average Bonchev–Trinajstić information content (AvgIpc) is 2.79. The van der Waals surface area contributed by atoms with Gasteiger partial charge in [-0.2, -0.15) is 0 Å². The van der Waals surface area contributed by atoms with E-state index in [1.807, 2.05) is 89.5 Å². The molecular formula is C25H26N2O3. The van der Waals surface area contributed by atoms with Crippen LogP contribution in [0.3, 0.4) is 0 Å². The molecule has 1 heterocycles. The summed E-state index contributed by atoms with van der Waals surface area (Å²) in [6, 6.07) is 23.0. The number of nitrogens with zero attached hydrogens (tertiary/aromatic N) is 2. The molecule has 3 aromatic carbocycles. The van der Waals surface area contributed by atoms with Crippen LogP contribution >= 0.6 is 0 Å². The number of ether oxygens (including phenoxy) is 1. The summed E-state index contributed by atoms with van der Waals surface area (Å²) in [5, 5.41) is 2.07. The van der Waals surface area contributed by atoms with Crippen LogP contribution < -0.4 is 4.74 Å². The van der Waals surface area contributed by atoms with Crippen molar-refractivity contribution < 1.29 is 14.3 Å². The fourth-order valence-corrected chi connectivity index (χ4v) is 4.01. The van der Waals surface area contributed by atoms with Crippen molar-refractivity contribution in [1.29, 1.82) is 0 Å². The maximum Gasteiger partial charge on any atom is 0.263 e. The number of carbonyl (C=O) groups is 2. The van der Waals surface area contributed by atoms with Gasteiger partial charge in [0.25, 0.3) is 11.8 Å². The lowest BCUT2D eigenvalue weighted by molar-refractivity contribution is -0.142. The van der Waals surface area contributed by atoms with Gasteiger partial charge in [-0.05, 0) is 37.4 Å². The first-order valence-corrected chi connectivity index (χ1v) is 10.3. The van der Waals surface area contributed by atoms with Gasteiger partial charge in [-0.1, -0.05) is 54.6 Å². The first-order valence-electron chi connectivity index (χ1n) is 10.3. The van der Waals surface area contributed by atoms with Crippen LogP contribution in [0.5, 0.6) is 5.75 Å². The molecule has 1 aliphatic rings. The van der Waals surface area contributed by atoms with Gasteiger partial charge in [-0.3, -0.25) is 9.59 Å². The summed E-state index contributed by atoms with van der Waals surface area (Å²) in [6.07, 6.45) is -0.602. The third kappa shape index (κ3) is 4.01. The standard InChI is InChI=1S/C25H26N2O3/c1-18-17-26(25(29)21-10-4-3-5-11-21)15-16-27(18)24(28)19(2)30-23-14-8-12-20-9-6-7-13-22(20)23/h3-14,18-19H,15-17H2,1-2H3/t18-,19?/m1/s1. The summed E-state index contributed by atoms with van der Waals surface area (Å²) in [5.74, 6) is 0.663. The molecule has 5 heteroatoms. The molecule has 0 N–H and O–H groups in total. The fourth-order valence-electron chi connectivity index (χ4n) is 4.01. The van der Waals surface area contributed by atoms with E-state index in [2.05, 4.69) is 0 Å². The Morgan fingerprint density at radius 3 is 2.40 bits per heavy atom. The van der Waals surface area contributed by atoms with Crippen molar-refractivity contribution in [2.75, 3.05) is 19.6 Å². The highest BCUT2D eigenvalue weighted by Crippen LogP contribution is 2.26. The molecule has 0 bridgehead atoms. The summed E-state index contributed by atoms with van der Waals surface area (Å²) >= 11 is 0. The summed E-state index contributed by atoms with van der Waals surface area (Å²) < 4.78 is 6.06. The maximum absolute atomic E-state index is 13.1. The molecule has 0 saturated carbocycles. The van der Waals surface area contributed by atoms with Crippen molar-refractivity contribution in [3.05, 3.63) is 78.4 Å². The SMILES string of the molecule is CC(Oc1cccc2ccccc12)C(=O)N1CCN(C(=O)c2ccccc2)C[C@H]1C. The average molecular weight is 402 g/mol. The zero-order chi connectivity index (χ0) is 21.1. The molecule has 1 aliphatic heterocycles. The van der Waals surface area contributed by atoms with Crippen LogP contribution in [0.15, 0.2) is 72.8 Å². The molecule has 4 rings (SSSR count). The van der Waals surface area contributed by atoms with Crippen molar-refractivity contribution in [2.45, 2.75) is 26.0 Å². The second-order valence-corrected chi connectivity index (χ2v) is 7.74. The molecule has 2 amide bonds. The van der Waals surface area contributed by atoms with Crippen LogP contribution in [0, 0.1) is 0 Å². The number of carbonyl (C=O) groups excluding carboxylic acids is 2. The lowest BCUT2D eigenvalue weighted by atomic mass is 10.1. The Labute approximate surface area is 176 Å². The quantitative estimate of drug-likeness (QED) is 0.663. The van der Waals surface area contributed by atoms with Gasteiger partial charge >= 0.3 is 0 Å². The molecular weight excluding hydrogens is 376 g/mol. The van der Waals surface area contributed by atoms with Crippen LogP contribution in [-0.4, -0.2) is 53.4 Å². The minimum Gasteiger partial charge on any atom is -0.480 e. The number of piperazine rings is 1. The van der Waals surface area contributed by atoms with Crippen LogP contribution in [0.2, 0.25) is 0 Å². The first-order chi connectivity index (χ1) is 14.5. The molecule has 1 saturated heterocycles. The Morgan fingerprint density at radius 1 is 0.933 bits per heavy atom. The summed E-state index contributed by atoms with van der Waals surface area (Å²) in [7, 11) is 0. The molecule has 0 aromatic heterocycles. The molecule has 5 nitrogen and oxygen atoms in total. The van der Waals surface area contributed by atoms with E-state index in [0.29, 0.717) is 30.9 Å². The van der Waals surface area contributed by atoms with Crippen molar-refractivity contribution in [3.8, 4) is 5.75 Å². The smallest absolute Gasteiger partial charge is 0.263 e. The van der Waals surface area contributed by atoms with Gasteiger partial charge in [0.05, 0.1) is 0 Å². The number of rotatable bonds is 4. The van der Waals surface area contributed by atoms with Crippen LogP contribution in [0.1, 0.15) is 24.2 Å². The normalized spacial score (nSPS) is 17.6. The van der Waals surface area contributed by atoms with Crippen molar-refractivity contribution in [1.82, 2.24) is 9.80 Å². The van der Waals surface area contributed by atoms with E-state index in [-0.39, 0.29) is 17.9 Å². The van der Waals surface area contributed by atoms with Gasteiger partial charge in [0.1, 0.15) is 5.75 Å². The topological polar surface area (TPSA) is 49.9 Å². The highest BCUT2D eigenvalue weighted by molar-refractivity contribution is 5.94. The van der Waals surface area contributed by atoms with Gasteiger partial charge in [0, 0.05) is 36.6 Å². The molecule has 1 fully saturated rings. The maximum atomic E-state index is 13.1. The number of benzene rings is 3. The molecule has 1 unspecified atom stereocenters. The first kappa shape index (κ1) is 20.0. The summed E-state index contributed by atoms with van der Waals surface area (Å²) in [6.45, 7) is 5.30. The Balaban J connectivity index is 1.42. The minimum absolute atomic E-state index is 0.00889. The Morgan fingerprint density at radius 2 is 1.63 bits per heavy atom. The van der Waals surface area contributed by atoms with E-state index in [1.54, 1.807) is 6.92 Å². The molecule has 0 radical (unpaired) electrons. The van der Waals surface area contributed by atoms with Crippen LogP contribution in [0.4, 0.5) is 0 Å².